The molecule has 1 aromatic heterocycles. The fraction of sp³-hybridized carbons (Fsp3) is 0.222. The molecule has 0 spiro atoms. The molecule has 2 N–H and O–H groups in total. The van der Waals surface area contributed by atoms with E-state index in [0.717, 1.165) is 6.07 Å². The van der Waals surface area contributed by atoms with Gasteiger partial charge in [-0.3, -0.25) is 10.1 Å². The van der Waals surface area contributed by atoms with Crippen LogP contribution in [0.2, 0.25) is 0 Å². The van der Waals surface area contributed by atoms with Gasteiger partial charge in [-0.2, -0.15) is 0 Å². The predicted molar refractivity (Wildman–Crippen MR) is 91.5 cm³/mol. The van der Waals surface area contributed by atoms with Crippen molar-refractivity contribution in [3.05, 3.63) is 75.7 Å². The van der Waals surface area contributed by atoms with E-state index in [-0.39, 0.29) is 23.7 Å². The zero-order valence-corrected chi connectivity index (χ0v) is 14.6. The van der Waals surface area contributed by atoms with Crippen molar-refractivity contribution in [1.29, 1.82) is 0 Å². The summed E-state index contributed by atoms with van der Waals surface area (Å²) in [6.07, 6.45) is 0. The first-order chi connectivity index (χ1) is 12.8. The number of nitrogens with two attached hydrogens (primary N) is 1. The molecule has 0 unspecified atom stereocenters. The molecular weight excluding hydrogens is 358 g/mol. The predicted octanol–water partition coefficient (Wildman–Crippen LogP) is 3.31. The van der Waals surface area contributed by atoms with E-state index in [4.69, 9.17) is 4.42 Å². The Kier molecular flexibility index (Phi) is 5.22. The number of aromatic nitrogens is 2. The summed E-state index contributed by atoms with van der Waals surface area (Å²) >= 11 is 0. The molecule has 0 bridgehead atoms. The minimum absolute atomic E-state index is 0.0321. The summed E-state index contributed by atoms with van der Waals surface area (Å²) in [5.41, 5.74) is 0.901. The van der Waals surface area contributed by atoms with Crippen LogP contribution in [0.1, 0.15) is 37.4 Å². The first kappa shape index (κ1) is 18.6. The highest BCUT2D eigenvalue weighted by atomic mass is 19.1. The largest absolute Gasteiger partial charge is 0.415 e. The standard InChI is InChI=1S/C18H16F2N4O3/c1-10(15-8-5-13(19)9-16(15)20)21-11(2)17-22-23-18(27-17)12-3-6-14(7-4-12)24(25)26/h3-11,21H,1-2H3/p+1/t10-,11-/m1/s1. The van der Waals surface area contributed by atoms with Gasteiger partial charge in [0.2, 0.25) is 5.89 Å². The first-order valence-electron chi connectivity index (χ1n) is 8.23. The molecule has 3 aromatic rings. The molecule has 27 heavy (non-hydrogen) atoms. The molecule has 0 aliphatic rings. The SMILES string of the molecule is C[C@@H]([NH2+][C@H](C)c1ccc(F)cc1F)c1nnc(-c2ccc([N+](=O)[O-])cc2)o1. The summed E-state index contributed by atoms with van der Waals surface area (Å²) in [7, 11) is 0. The molecule has 1 heterocycles. The molecule has 0 aliphatic carbocycles. The molecule has 0 saturated heterocycles. The minimum atomic E-state index is -0.624. The van der Waals surface area contributed by atoms with Crippen LogP contribution in [0, 0.1) is 21.7 Å². The van der Waals surface area contributed by atoms with Crippen molar-refractivity contribution >= 4 is 5.69 Å². The van der Waals surface area contributed by atoms with E-state index in [1.54, 1.807) is 6.92 Å². The molecule has 0 aliphatic heterocycles. The van der Waals surface area contributed by atoms with Gasteiger partial charge >= 0.3 is 0 Å². The van der Waals surface area contributed by atoms with Crippen molar-refractivity contribution in [2.75, 3.05) is 0 Å². The summed E-state index contributed by atoms with van der Waals surface area (Å²) in [6.45, 7) is 3.62. The van der Waals surface area contributed by atoms with E-state index in [0.29, 0.717) is 17.0 Å². The summed E-state index contributed by atoms with van der Waals surface area (Å²) in [5, 5.41) is 20.5. The summed E-state index contributed by atoms with van der Waals surface area (Å²) in [4.78, 5) is 10.2. The Morgan fingerprint density at radius 3 is 2.41 bits per heavy atom. The fourth-order valence-corrected chi connectivity index (χ4v) is 2.75. The second-order valence-electron chi connectivity index (χ2n) is 6.19. The van der Waals surface area contributed by atoms with Gasteiger partial charge in [0.1, 0.15) is 17.7 Å². The normalized spacial score (nSPS) is 13.3. The van der Waals surface area contributed by atoms with Gasteiger partial charge in [0.25, 0.3) is 11.6 Å². The molecule has 2 atom stereocenters. The van der Waals surface area contributed by atoms with Crippen LogP contribution in [-0.2, 0) is 0 Å². The molecule has 0 amide bonds. The third-order valence-electron chi connectivity index (χ3n) is 4.19. The second-order valence-corrected chi connectivity index (χ2v) is 6.19. The van der Waals surface area contributed by atoms with Crippen LogP contribution in [0.3, 0.4) is 0 Å². The number of nitro benzene ring substituents is 1. The minimum Gasteiger partial charge on any atom is -0.415 e. The molecule has 0 fully saturated rings. The highest BCUT2D eigenvalue weighted by Gasteiger charge is 2.23. The highest BCUT2D eigenvalue weighted by molar-refractivity contribution is 5.55. The topological polar surface area (TPSA) is 98.7 Å². The third-order valence-corrected chi connectivity index (χ3v) is 4.19. The lowest BCUT2D eigenvalue weighted by Crippen LogP contribution is -2.85. The summed E-state index contributed by atoms with van der Waals surface area (Å²) in [6, 6.07) is 8.67. The molecule has 2 aromatic carbocycles. The Morgan fingerprint density at radius 2 is 1.78 bits per heavy atom. The molecule has 7 nitrogen and oxygen atoms in total. The van der Waals surface area contributed by atoms with Gasteiger partial charge in [-0.1, -0.05) is 0 Å². The average molecular weight is 375 g/mol. The van der Waals surface area contributed by atoms with Crippen molar-refractivity contribution < 1.29 is 23.4 Å². The zero-order chi connectivity index (χ0) is 19.6. The zero-order valence-electron chi connectivity index (χ0n) is 14.6. The Balaban J connectivity index is 1.72. The average Bonchev–Trinajstić information content (AvgIpc) is 3.12. The fourth-order valence-electron chi connectivity index (χ4n) is 2.75. The number of rotatable bonds is 6. The van der Waals surface area contributed by atoms with Crippen LogP contribution in [0.15, 0.2) is 46.9 Å². The Hall–Kier alpha value is -3.20. The molecule has 9 heteroatoms. The van der Waals surface area contributed by atoms with Crippen LogP contribution in [0.4, 0.5) is 14.5 Å². The highest BCUT2D eigenvalue weighted by Crippen LogP contribution is 2.23. The van der Waals surface area contributed by atoms with E-state index in [1.165, 1.54) is 36.4 Å². The number of hydrogen-bond donors (Lipinski definition) is 1. The third kappa shape index (κ3) is 4.14. The van der Waals surface area contributed by atoms with Crippen LogP contribution in [-0.4, -0.2) is 15.1 Å². The lowest BCUT2D eigenvalue weighted by molar-refractivity contribution is -0.730. The van der Waals surface area contributed by atoms with Gasteiger partial charge in [0, 0.05) is 29.3 Å². The van der Waals surface area contributed by atoms with Gasteiger partial charge in [-0.15, -0.1) is 10.2 Å². The summed E-state index contributed by atoms with van der Waals surface area (Å²) in [5.74, 6) is -0.664. The van der Waals surface area contributed by atoms with E-state index in [2.05, 4.69) is 10.2 Å². The van der Waals surface area contributed by atoms with Crippen molar-refractivity contribution in [3.8, 4) is 11.5 Å². The van der Waals surface area contributed by atoms with Gasteiger partial charge in [0.05, 0.1) is 4.92 Å². The smallest absolute Gasteiger partial charge is 0.274 e. The molecule has 0 saturated carbocycles. The quantitative estimate of drug-likeness (QED) is 0.526. The van der Waals surface area contributed by atoms with Crippen molar-refractivity contribution in [3.63, 3.8) is 0 Å². The first-order valence-corrected chi connectivity index (χ1v) is 8.23. The maximum atomic E-state index is 13.9. The van der Waals surface area contributed by atoms with E-state index >= 15 is 0 Å². The molecule has 0 radical (unpaired) electrons. The number of benzene rings is 2. The van der Waals surface area contributed by atoms with Crippen LogP contribution < -0.4 is 5.32 Å². The van der Waals surface area contributed by atoms with Crippen LogP contribution in [0.5, 0.6) is 0 Å². The van der Waals surface area contributed by atoms with E-state index in [1.807, 2.05) is 12.2 Å². The van der Waals surface area contributed by atoms with Crippen LogP contribution >= 0.6 is 0 Å². The Labute approximate surface area is 153 Å². The number of hydrogen-bond acceptors (Lipinski definition) is 5. The number of quaternary nitrogens is 1. The van der Waals surface area contributed by atoms with E-state index in [9.17, 15) is 18.9 Å². The van der Waals surface area contributed by atoms with Gasteiger partial charge in [-0.25, -0.2) is 8.78 Å². The number of nitrogens with zero attached hydrogens (tertiary/aromatic N) is 3. The Bertz CT molecular complexity index is 959. The van der Waals surface area contributed by atoms with Gasteiger partial charge in [0.15, 0.2) is 6.04 Å². The lowest BCUT2D eigenvalue weighted by atomic mass is 10.1. The molecular formula is C18H17F2N4O3+. The van der Waals surface area contributed by atoms with E-state index < -0.39 is 16.6 Å². The second kappa shape index (κ2) is 7.58. The van der Waals surface area contributed by atoms with Crippen LogP contribution in [0.25, 0.3) is 11.5 Å². The number of non-ortho nitro benzene ring substituents is 1. The van der Waals surface area contributed by atoms with Crippen molar-refractivity contribution in [2.45, 2.75) is 25.9 Å². The number of halogens is 2. The monoisotopic (exact) mass is 375 g/mol. The lowest BCUT2D eigenvalue weighted by Gasteiger charge is -2.15. The number of nitro groups is 1. The van der Waals surface area contributed by atoms with Gasteiger partial charge in [-0.05, 0) is 38.1 Å². The maximum absolute atomic E-state index is 13.9. The maximum Gasteiger partial charge on any atom is 0.274 e. The molecule has 140 valence electrons. The van der Waals surface area contributed by atoms with Crippen molar-refractivity contribution in [2.24, 2.45) is 0 Å². The molecule has 3 rings (SSSR count). The summed E-state index contributed by atoms with van der Waals surface area (Å²) < 4.78 is 32.6. The van der Waals surface area contributed by atoms with Crippen molar-refractivity contribution in [1.82, 2.24) is 10.2 Å². The Morgan fingerprint density at radius 1 is 1.07 bits per heavy atom. The van der Waals surface area contributed by atoms with Gasteiger partial charge < -0.3 is 9.73 Å².